The molecule has 0 aliphatic heterocycles. The fraction of sp³-hybridized carbons (Fsp3) is 0.0769. The molecule has 6 heteroatoms. The smallest absolute Gasteiger partial charge is 0.193 e. The van der Waals surface area contributed by atoms with Gasteiger partial charge in [0, 0.05) is 6.07 Å². The molecule has 0 fully saturated rings. The number of aromatic nitrogens is 3. The predicted molar refractivity (Wildman–Crippen MR) is 61.7 cm³/mol. The number of nitrogens with zero attached hydrogens (tertiary/aromatic N) is 3. The number of hydrogen-bond acceptors (Lipinski definition) is 1. The first-order valence-corrected chi connectivity index (χ1v) is 5.59. The van der Waals surface area contributed by atoms with Crippen LogP contribution >= 0.6 is 0 Å². The van der Waals surface area contributed by atoms with Gasteiger partial charge in [-0.25, -0.2) is 0 Å². The number of alkyl halides is 3. The Morgan fingerprint density at radius 2 is 1.63 bits per heavy atom. The molecule has 2 aromatic heterocycles. The summed E-state index contributed by atoms with van der Waals surface area (Å²) in [5, 5.41) is 3.69. The molecule has 2 heterocycles. The van der Waals surface area contributed by atoms with Crippen molar-refractivity contribution in [3.63, 3.8) is 0 Å². The molecule has 0 unspecified atom stereocenters. The maximum absolute atomic E-state index is 13.0. The van der Waals surface area contributed by atoms with Crippen LogP contribution in [0, 0.1) is 0 Å². The van der Waals surface area contributed by atoms with Crippen LogP contribution in [0.2, 0.25) is 0 Å². The Labute approximate surface area is 106 Å². The van der Waals surface area contributed by atoms with Crippen molar-refractivity contribution in [3.05, 3.63) is 60.6 Å². The van der Waals surface area contributed by atoms with Gasteiger partial charge in [0.2, 0.25) is 0 Å². The van der Waals surface area contributed by atoms with E-state index in [-0.39, 0.29) is 0 Å². The van der Waals surface area contributed by atoms with Gasteiger partial charge in [0.05, 0.1) is 11.3 Å². The zero-order valence-corrected chi connectivity index (χ0v) is 9.67. The van der Waals surface area contributed by atoms with Crippen LogP contribution in [0.4, 0.5) is 13.2 Å². The van der Waals surface area contributed by atoms with E-state index in [0.717, 1.165) is 4.40 Å². The van der Waals surface area contributed by atoms with E-state index < -0.39 is 12.0 Å². The van der Waals surface area contributed by atoms with Crippen LogP contribution in [0.3, 0.4) is 0 Å². The summed E-state index contributed by atoms with van der Waals surface area (Å²) in [5.41, 5.74) is 0.947. The highest BCUT2D eigenvalue weighted by atomic mass is 19.4. The van der Waals surface area contributed by atoms with Crippen LogP contribution in [0.1, 0.15) is 5.82 Å². The van der Waals surface area contributed by atoms with E-state index in [1.165, 1.54) is 10.9 Å². The molecule has 0 aliphatic rings. The summed E-state index contributed by atoms with van der Waals surface area (Å²) in [6, 6.07) is 13.5. The molecule has 19 heavy (non-hydrogen) atoms. The van der Waals surface area contributed by atoms with Gasteiger partial charge in [-0.3, -0.25) is 0 Å². The number of benzene rings is 1. The largest absolute Gasteiger partial charge is 0.486 e. The van der Waals surface area contributed by atoms with E-state index in [9.17, 15) is 13.2 Å². The van der Waals surface area contributed by atoms with Crippen LogP contribution in [-0.2, 0) is 6.18 Å². The molecule has 3 aromatic rings. The van der Waals surface area contributed by atoms with Crippen molar-refractivity contribution >= 4 is 5.65 Å². The third-order valence-electron chi connectivity index (χ3n) is 2.73. The molecule has 96 valence electrons. The first kappa shape index (κ1) is 11.7. The summed E-state index contributed by atoms with van der Waals surface area (Å²) < 4.78 is 41.2. The van der Waals surface area contributed by atoms with Crippen molar-refractivity contribution in [1.29, 1.82) is 0 Å². The highest BCUT2D eigenvalue weighted by molar-refractivity contribution is 5.41. The second-order valence-corrected chi connectivity index (χ2v) is 4.00. The molecular formula is C13H9F3N3+. The van der Waals surface area contributed by atoms with Crippen LogP contribution in [-0.4, -0.2) is 9.78 Å². The van der Waals surface area contributed by atoms with Crippen molar-refractivity contribution in [2.45, 2.75) is 6.18 Å². The van der Waals surface area contributed by atoms with Crippen molar-refractivity contribution in [2.24, 2.45) is 0 Å². The van der Waals surface area contributed by atoms with E-state index in [0.29, 0.717) is 11.3 Å². The van der Waals surface area contributed by atoms with E-state index in [1.807, 2.05) is 0 Å². The fourth-order valence-electron chi connectivity index (χ4n) is 1.93. The second kappa shape index (κ2) is 4.08. The molecule has 0 saturated heterocycles. The van der Waals surface area contributed by atoms with Gasteiger partial charge in [-0.1, -0.05) is 28.9 Å². The minimum atomic E-state index is -4.50. The summed E-state index contributed by atoms with van der Waals surface area (Å²) >= 11 is 0. The van der Waals surface area contributed by atoms with Gasteiger partial charge in [-0.15, -0.1) is 0 Å². The summed E-state index contributed by atoms with van der Waals surface area (Å²) in [6.45, 7) is 0. The van der Waals surface area contributed by atoms with E-state index in [4.69, 9.17) is 0 Å². The fourth-order valence-corrected chi connectivity index (χ4v) is 1.93. The summed E-state index contributed by atoms with van der Waals surface area (Å²) in [6.07, 6.45) is -3.14. The Morgan fingerprint density at radius 1 is 0.947 bits per heavy atom. The van der Waals surface area contributed by atoms with Gasteiger partial charge in [0.1, 0.15) is 5.69 Å². The predicted octanol–water partition coefficient (Wildman–Crippen LogP) is 2.63. The minimum absolute atomic E-state index is 0.362. The van der Waals surface area contributed by atoms with Gasteiger partial charge >= 0.3 is 12.0 Å². The van der Waals surface area contributed by atoms with Crippen molar-refractivity contribution in [3.8, 4) is 5.69 Å². The van der Waals surface area contributed by atoms with Crippen LogP contribution in [0.25, 0.3) is 11.3 Å². The SMILES string of the molecule is FC(F)(F)c1nn(-c2ccccc2)c2cccc[n+]12. The lowest BCUT2D eigenvalue weighted by molar-refractivity contribution is -0.543. The number of pyridine rings is 1. The van der Waals surface area contributed by atoms with E-state index in [1.54, 1.807) is 48.5 Å². The van der Waals surface area contributed by atoms with Crippen LogP contribution < -0.4 is 4.40 Å². The number of para-hydroxylation sites is 1. The molecule has 0 aliphatic carbocycles. The minimum Gasteiger partial charge on any atom is -0.193 e. The highest BCUT2D eigenvalue weighted by Crippen LogP contribution is 2.26. The lowest BCUT2D eigenvalue weighted by Gasteiger charge is -1.96. The lowest BCUT2D eigenvalue weighted by Crippen LogP contribution is -2.30. The summed E-state index contributed by atoms with van der Waals surface area (Å²) in [5.74, 6) is -0.938. The maximum Gasteiger partial charge on any atom is 0.486 e. The Morgan fingerprint density at radius 3 is 2.32 bits per heavy atom. The number of fused-ring (bicyclic) bond motifs is 1. The molecule has 0 amide bonds. The maximum atomic E-state index is 13.0. The second-order valence-electron chi connectivity index (χ2n) is 4.00. The molecule has 0 N–H and O–H groups in total. The van der Waals surface area contributed by atoms with Crippen molar-refractivity contribution in [2.75, 3.05) is 0 Å². The summed E-state index contributed by atoms with van der Waals surface area (Å²) in [4.78, 5) is 0. The van der Waals surface area contributed by atoms with Crippen LogP contribution in [0.5, 0.6) is 0 Å². The van der Waals surface area contributed by atoms with Gasteiger partial charge < -0.3 is 0 Å². The van der Waals surface area contributed by atoms with Crippen molar-refractivity contribution < 1.29 is 17.6 Å². The van der Waals surface area contributed by atoms with E-state index in [2.05, 4.69) is 5.10 Å². The normalized spacial score (nSPS) is 11.9. The molecule has 0 spiro atoms. The standard InChI is InChI=1S/C13H9F3N3/c14-13(15,16)12-17-19(10-6-2-1-3-7-10)11-8-4-5-9-18(11)12/h1-9H/q+1. The molecule has 0 saturated carbocycles. The third-order valence-corrected chi connectivity index (χ3v) is 2.73. The molecule has 0 radical (unpaired) electrons. The first-order valence-electron chi connectivity index (χ1n) is 5.59. The van der Waals surface area contributed by atoms with Crippen molar-refractivity contribution in [1.82, 2.24) is 9.78 Å². The molecular weight excluding hydrogens is 255 g/mol. The Bertz CT molecular complexity index is 717. The topological polar surface area (TPSA) is 21.9 Å². The molecule has 3 nitrogen and oxygen atoms in total. The molecule has 1 aromatic carbocycles. The number of hydrogen-bond donors (Lipinski definition) is 0. The molecule has 0 bridgehead atoms. The average Bonchev–Trinajstić information content (AvgIpc) is 2.79. The molecule has 0 atom stereocenters. The Kier molecular flexibility index (Phi) is 2.51. The van der Waals surface area contributed by atoms with Gasteiger partial charge in [0.25, 0.3) is 5.65 Å². The van der Waals surface area contributed by atoms with Crippen LogP contribution in [0.15, 0.2) is 54.7 Å². The Hall–Kier alpha value is -2.37. The van der Waals surface area contributed by atoms with E-state index >= 15 is 0 Å². The van der Waals surface area contributed by atoms with Gasteiger partial charge in [-0.2, -0.15) is 17.6 Å². The number of rotatable bonds is 1. The lowest BCUT2D eigenvalue weighted by atomic mass is 10.3. The average molecular weight is 264 g/mol. The van der Waals surface area contributed by atoms with Gasteiger partial charge in [0.15, 0.2) is 0 Å². The van der Waals surface area contributed by atoms with Gasteiger partial charge in [-0.05, 0) is 18.2 Å². The highest BCUT2D eigenvalue weighted by Gasteiger charge is 2.44. The zero-order valence-electron chi connectivity index (χ0n) is 9.67. The molecule has 3 rings (SSSR count). The third kappa shape index (κ3) is 1.95. The monoisotopic (exact) mass is 264 g/mol. The number of halogens is 3. The zero-order chi connectivity index (χ0) is 13.5. The Balaban J connectivity index is 2.33. The summed E-state index contributed by atoms with van der Waals surface area (Å²) in [7, 11) is 0. The quantitative estimate of drug-likeness (QED) is 0.619. The first-order chi connectivity index (χ1) is 9.07.